The lowest BCUT2D eigenvalue weighted by Crippen LogP contribution is -2.62. The van der Waals surface area contributed by atoms with Crippen molar-refractivity contribution in [2.24, 2.45) is 17.4 Å². The minimum atomic E-state index is -1.64. The van der Waals surface area contributed by atoms with Crippen molar-refractivity contribution in [3.63, 3.8) is 0 Å². The second kappa shape index (κ2) is 26.9. The first-order valence-corrected chi connectivity index (χ1v) is 23.9. The number of hydrogen-bond donors (Lipinski definition) is 14. The van der Waals surface area contributed by atoms with Gasteiger partial charge in [0.2, 0.25) is 53.2 Å². The van der Waals surface area contributed by atoms with Gasteiger partial charge < -0.3 is 68.8 Å². The minimum absolute atomic E-state index is 0.116. The number of carbonyl (C=O) groups excluding carboxylic acids is 9. The van der Waals surface area contributed by atoms with Crippen LogP contribution >= 0.6 is 37.0 Å². The van der Waals surface area contributed by atoms with E-state index < -0.39 is 127 Å². The van der Waals surface area contributed by atoms with Crippen LogP contribution in [0.1, 0.15) is 45.6 Å². The van der Waals surface area contributed by atoms with Crippen LogP contribution in [-0.4, -0.2) is 171 Å². The summed E-state index contributed by atoms with van der Waals surface area (Å²) in [6, 6.07) is -4.08. The summed E-state index contributed by atoms with van der Waals surface area (Å²) in [5.41, 5.74) is 12.2. The van der Waals surface area contributed by atoms with E-state index in [1.54, 1.807) is 38.2 Å². The van der Waals surface area contributed by atoms with Crippen LogP contribution in [0.25, 0.3) is 10.9 Å². The zero-order valence-corrected chi connectivity index (χ0v) is 39.8. The molecule has 0 bridgehead atoms. The molecular formula is C41H63N11O11S3. The van der Waals surface area contributed by atoms with Crippen molar-refractivity contribution in [1.82, 2.24) is 47.1 Å². The number of aliphatic hydroxyl groups excluding tert-OH is 2. The monoisotopic (exact) mass is 981 g/mol. The highest BCUT2D eigenvalue weighted by Crippen LogP contribution is 2.22. The van der Waals surface area contributed by atoms with Crippen LogP contribution in [0.4, 0.5) is 0 Å². The Morgan fingerprint density at radius 2 is 1.29 bits per heavy atom. The molecule has 0 spiro atoms. The molecule has 1 aromatic heterocycles. The van der Waals surface area contributed by atoms with Gasteiger partial charge in [-0.05, 0) is 55.7 Å². The molecule has 3 rings (SSSR count). The standard InChI is InChI=1S/C41H63N11O11S3/c1-20(2)32(41(63)52-12-7-10-31(52)40(62)50-30(19-65)39(61)47-27(16-53)33(43)55)51-37(59)28(17-54)48-36(58)26(14-22-15-44-24-9-6-5-8-23(22)24)46-38(60)29(18-64)49-35(57)25(11-13-66-4)45-34(56)21(3)42/h5-6,8-9,15,20-21,25-32,44,53-54,64-65H,7,10-14,16-19,42H2,1-4H3,(H2,43,55)(H,45,56)(H,46,60)(H,47,61)(H,48,58)(H,49,57)(H,50,62)(H,51,59)/t21-,25-,26-,27-,28-,29-,30-,31-,32-/m0/s1. The van der Waals surface area contributed by atoms with Crippen molar-refractivity contribution >= 4 is 101 Å². The number of aliphatic hydroxyl groups is 2. The van der Waals surface area contributed by atoms with Crippen molar-refractivity contribution in [3.05, 3.63) is 36.0 Å². The number of primary amides is 1. The molecule has 66 heavy (non-hydrogen) atoms. The molecule has 1 fully saturated rings. The zero-order valence-electron chi connectivity index (χ0n) is 37.2. The number of H-pyrrole nitrogens is 1. The van der Waals surface area contributed by atoms with Crippen LogP contribution < -0.4 is 48.7 Å². The lowest BCUT2D eigenvalue weighted by atomic mass is 10.0. The van der Waals surface area contributed by atoms with E-state index in [4.69, 9.17) is 11.5 Å². The SMILES string of the molecule is CSCC[C@H](NC(=O)[C@H](C)N)C(=O)N[C@@H](CS)C(=O)N[C@@H](Cc1c[nH]c2ccccc12)C(=O)N[C@@H](CO)C(=O)N[C@H](C(=O)N1CCC[C@H]1C(=O)N[C@@H](CS)C(=O)N[C@@H](CO)C(N)=O)C(C)C. The fraction of sp³-hybridized carbons (Fsp3) is 0.585. The molecule has 2 heterocycles. The third-order valence-corrected chi connectivity index (χ3v) is 12.1. The minimum Gasteiger partial charge on any atom is -0.394 e. The molecule has 0 unspecified atom stereocenters. The molecule has 0 aliphatic carbocycles. The number of aromatic amines is 1. The van der Waals surface area contributed by atoms with E-state index in [0.717, 1.165) is 10.9 Å². The molecule has 0 radical (unpaired) electrons. The Balaban J connectivity index is 1.81. The van der Waals surface area contributed by atoms with E-state index in [9.17, 15) is 53.4 Å². The molecule has 0 saturated carbocycles. The molecule has 1 aliphatic heterocycles. The van der Waals surface area contributed by atoms with Crippen molar-refractivity contribution in [2.75, 3.05) is 43.3 Å². The van der Waals surface area contributed by atoms with Gasteiger partial charge in [-0.15, -0.1) is 0 Å². The van der Waals surface area contributed by atoms with Gasteiger partial charge >= 0.3 is 0 Å². The summed E-state index contributed by atoms with van der Waals surface area (Å²) in [4.78, 5) is 124. The number of nitrogens with zero attached hydrogens (tertiary/aromatic N) is 1. The molecule has 1 saturated heterocycles. The molecule has 9 amide bonds. The van der Waals surface area contributed by atoms with Crippen LogP contribution in [-0.2, 0) is 49.6 Å². The number of benzene rings is 1. The molecule has 14 N–H and O–H groups in total. The molecule has 1 aliphatic rings. The van der Waals surface area contributed by atoms with Gasteiger partial charge in [-0.1, -0.05) is 32.0 Å². The third kappa shape index (κ3) is 15.5. The van der Waals surface area contributed by atoms with E-state index in [0.29, 0.717) is 17.7 Å². The quantitative estimate of drug-likeness (QED) is 0.0403. The molecule has 2 aromatic rings. The number of nitrogens with one attached hydrogen (secondary N) is 8. The van der Waals surface area contributed by atoms with Gasteiger partial charge in [0, 0.05) is 41.6 Å². The number of fused-ring (bicyclic) bond motifs is 1. The third-order valence-electron chi connectivity index (χ3n) is 10.7. The normalized spacial score (nSPS) is 17.2. The number of thiol groups is 2. The summed E-state index contributed by atoms with van der Waals surface area (Å²) >= 11 is 9.83. The predicted octanol–water partition coefficient (Wildman–Crippen LogP) is -3.82. The lowest BCUT2D eigenvalue weighted by Gasteiger charge is -2.32. The van der Waals surface area contributed by atoms with Crippen LogP contribution in [0, 0.1) is 5.92 Å². The maximum Gasteiger partial charge on any atom is 0.246 e. The van der Waals surface area contributed by atoms with E-state index in [2.05, 4.69) is 67.5 Å². The molecule has 22 nitrogen and oxygen atoms in total. The van der Waals surface area contributed by atoms with Gasteiger partial charge in [0.25, 0.3) is 0 Å². The first-order chi connectivity index (χ1) is 31.3. The fourth-order valence-electron chi connectivity index (χ4n) is 6.93. The largest absolute Gasteiger partial charge is 0.394 e. The summed E-state index contributed by atoms with van der Waals surface area (Å²) in [5, 5.41) is 38.2. The Morgan fingerprint density at radius 1 is 0.758 bits per heavy atom. The maximum absolute atomic E-state index is 14.1. The molecule has 366 valence electrons. The van der Waals surface area contributed by atoms with Gasteiger partial charge in [0.15, 0.2) is 0 Å². The Bertz CT molecular complexity index is 2040. The number of aromatic nitrogens is 1. The molecule has 9 atom stereocenters. The second-order valence-electron chi connectivity index (χ2n) is 16.1. The van der Waals surface area contributed by atoms with Crippen molar-refractivity contribution in [2.45, 2.75) is 101 Å². The average molecular weight is 982 g/mol. The first kappa shape index (κ1) is 55.2. The number of rotatable bonds is 26. The Kier molecular flexibility index (Phi) is 22.5. The lowest BCUT2D eigenvalue weighted by molar-refractivity contribution is -0.143. The van der Waals surface area contributed by atoms with E-state index in [1.165, 1.54) is 23.6 Å². The van der Waals surface area contributed by atoms with Gasteiger partial charge in [0.05, 0.1) is 19.3 Å². The summed E-state index contributed by atoms with van der Waals surface area (Å²) in [6.45, 7) is 3.14. The zero-order chi connectivity index (χ0) is 49.2. The number of likely N-dealkylation sites (tertiary alicyclic amines) is 1. The number of para-hydroxylation sites is 1. The molecular weight excluding hydrogens is 919 g/mol. The number of amides is 9. The van der Waals surface area contributed by atoms with Crippen molar-refractivity contribution in [1.29, 1.82) is 0 Å². The van der Waals surface area contributed by atoms with Crippen molar-refractivity contribution in [3.8, 4) is 0 Å². The molecule has 25 heteroatoms. The fourth-order valence-corrected chi connectivity index (χ4v) is 7.92. The summed E-state index contributed by atoms with van der Waals surface area (Å²) in [6.07, 6.45) is 4.18. The second-order valence-corrected chi connectivity index (χ2v) is 17.8. The summed E-state index contributed by atoms with van der Waals surface area (Å²) in [5.74, 6) is -7.64. The topological polar surface area (TPSA) is 349 Å². The summed E-state index contributed by atoms with van der Waals surface area (Å²) < 4.78 is 0. The highest BCUT2D eigenvalue weighted by atomic mass is 32.2. The highest BCUT2D eigenvalue weighted by molar-refractivity contribution is 7.98. The van der Waals surface area contributed by atoms with Gasteiger partial charge in [-0.3, -0.25) is 43.2 Å². The van der Waals surface area contributed by atoms with E-state index in [-0.39, 0.29) is 37.3 Å². The van der Waals surface area contributed by atoms with Crippen LogP contribution in [0.2, 0.25) is 0 Å². The van der Waals surface area contributed by atoms with Gasteiger partial charge in [0.1, 0.15) is 48.3 Å². The number of carbonyl (C=O) groups is 9. The van der Waals surface area contributed by atoms with Gasteiger partial charge in [-0.2, -0.15) is 37.0 Å². The number of hydrogen-bond acceptors (Lipinski definition) is 15. The first-order valence-electron chi connectivity index (χ1n) is 21.3. The number of thioether (sulfide) groups is 1. The Morgan fingerprint density at radius 3 is 1.86 bits per heavy atom. The van der Waals surface area contributed by atoms with E-state index in [1.807, 2.05) is 12.3 Å². The van der Waals surface area contributed by atoms with Crippen molar-refractivity contribution < 1.29 is 53.4 Å². The Hall–Kier alpha value is -5.08. The number of nitrogens with two attached hydrogens (primary N) is 2. The Labute approximate surface area is 397 Å². The van der Waals surface area contributed by atoms with Crippen LogP contribution in [0.5, 0.6) is 0 Å². The molecule has 1 aromatic carbocycles. The van der Waals surface area contributed by atoms with E-state index >= 15 is 0 Å². The van der Waals surface area contributed by atoms with Gasteiger partial charge in [-0.25, -0.2) is 0 Å². The highest BCUT2D eigenvalue weighted by Gasteiger charge is 2.41. The van der Waals surface area contributed by atoms with Crippen LogP contribution in [0.15, 0.2) is 30.5 Å². The smallest absolute Gasteiger partial charge is 0.246 e. The predicted molar refractivity (Wildman–Crippen MR) is 253 cm³/mol. The average Bonchev–Trinajstić information content (AvgIpc) is 3.95. The van der Waals surface area contributed by atoms with Crippen LogP contribution in [0.3, 0.4) is 0 Å². The summed E-state index contributed by atoms with van der Waals surface area (Å²) in [7, 11) is 0. The maximum atomic E-state index is 14.1.